The first-order chi connectivity index (χ1) is 8.99. The smallest absolute Gasteiger partial charge is 0.328 e. The van der Waals surface area contributed by atoms with Gasteiger partial charge in [-0.1, -0.05) is 0 Å². The van der Waals surface area contributed by atoms with E-state index in [4.69, 9.17) is 10.2 Å². The normalized spacial score (nSPS) is 20.5. The molecule has 2 atom stereocenters. The summed E-state index contributed by atoms with van der Waals surface area (Å²) in [5.41, 5.74) is 0. The van der Waals surface area contributed by atoms with Crippen molar-refractivity contribution in [3.8, 4) is 0 Å². The van der Waals surface area contributed by atoms with Crippen LogP contribution in [0.2, 0.25) is 0 Å². The third-order valence-electron chi connectivity index (χ3n) is 3.10. The van der Waals surface area contributed by atoms with Gasteiger partial charge < -0.3 is 25.7 Å². The fourth-order valence-corrected chi connectivity index (χ4v) is 2.01. The van der Waals surface area contributed by atoms with E-state index in [-0.39, 0.29) is 18.4 Å². The maximum absolute atomic E-state index is 11.8. The molecule has 8 nitrogen and oxygen atoms in total. The number of hydrogen-bond acceptors (Lipinski definition) is 4. The van der Waals surface area contributed by atoms with Crippen LogP contribution < -0.4 is 10.6 Å². The molecule has 8 heteroatoms. The van der Waals surface area contributed by atoms with Gasteiger partial charge in [-0.3, -0.25) is 4.79 Å². The number of carboxylic acids is 1. The van der Waals surface area contributed by atoms with Crippen LogP contribution in [-0.2, 0) is 9.59 Å². The number of aliphatic hydroxyl groups excluding tert-OH is 1. The van der Waals surface area contributed by atoms with Crippen LogP contribution in [0.3, 0.4) is 0 Å². The van der Waals surface area contributed by atoms with Crippen LogP contribution in [0.5, 0.6) is 0 Å². The first-order valence-corrected chi connectivity index (χ1v) is 6.10. The van der Waals surface area contributed by atoms with Crippen molar-refractivity contribution >= 4 is 17.9 Å². The molecule has 0 spiro atoms. The summed E-state index contributed by atoms with van der Waals surface area (Å²) in [6, 6.07) is -1.90. The number of carbonyl (C=O) groups is 3. The fraction of sp³-hybridized carbons (Fsp3) is 0.727. The van der Waals surface area contributed by atoms with Crippen LogP contribution in [0.4, 0.5) is 4.79 Å². The molecule has 108 valence electrons. The Labute approximate surface area is 110 Å². The van der Waals surface area contributed by atoms with Crippen LogP contribution >= 0.6 is 0 Å². The molecule has 4 N–H and O–H groups in total. The lowest BCUT2D eigenvalue weighted by Gasteiger charge is -2.32. The van der Waals surface area contributed by atoms with Gasteiger partial charge in [-0.05, 0) is 12.8 Å². The Balaban J connectivity index is 2.57. The lowest BCUT2D eigenvalue weighted by atomic mass is 9.97. The number of carboxylic acid groups (broad SMARTS) is 1. The topological polar surface area (TPSA) is 119 Å². The summed E-state index contributed by atoms with van der Waals surface area (Å²) in [4.78, 5) is 35.5. The van der Waals surface area contributed by atoms with Gasteiger partial charge in [0.2, 0.25) is 5.91 Å². The van der Waals surface area contributed by atoms with E-state index in [0.717, 1.165) is 0 Å². The number of nitrogens with zero attached hydrogens (tertiary/aromatic N) is 1. The molecule has 1 saturated heterocycles. The van der Waals surface area contributed by atoms with Crippen molar-refractivity contribution in [3.63, 3.8) is 0 Å². The van der Waals surface area contributed by atoms with Gasteiger partial charge >= 0.3 is 12.0 Å². The molecule has 0 saturated carbocycles. The molecule has 0 aromatic carbocycles. The van der Waals surface area contributed by atoms with Crippen LogP contribution in [0.15, 0.2) is 0 Å². The van der Waals surface area contributed by atoms with E-state index in [1.807, 2.05) is 0 Å². The Hall–Kier alpha value is -1.83. The number of aliphatic carboxylic acids is 1. The predicted molar refractivity (Wildman–Crippen MR) is 65.4 cm³/mol. The molecule has 1 unspecified atom stereocenters. The van der Waals surface area contributed by atoms with Gasteiger partial charge in [0.15, 0.2) is 6.04 Å². The summed E-state index contributed by atoms with van der Waals surface area (Å²) in [5.74, 6) is -1.70. The molecule has 0 aromatic rings. The lowest BCUT2D eigenvalue weighted by Crippen LogP contribution is -2.53. The number of urea groups is 1. The van der Waals surface area contributed by atoms with Crippen molar-refractivity contribution in [2.75, 3.05) is 26.7 Å². The molecule has 19 heavy (non-hydrogen) atoms. The van der Waals surface area contributed by atoms with E-state index in [1.54, 1.807) is 0 Å². The SMILES string of the molecule is CNC(=O)C1CCCN(C(=O)N[C@H](CO)C(=O)O)C1. The standard InChI is InChI=1S/C11H19N3O5/c1-12-9(16)7-3-2-4-14(5-7)11(19)13-8(6-15)10(17)18/h7-8,15H,2-6H2,1H3,(H,12,16)(H,13,19)(H,17,18)/t7?,8-/m1/s1. The van der Waals surface area contributed by atoms with Gasteiger partial charge in [-0.2, -0.15) is 0 Å². The molecule has 3 amide bonds. The van der Waals surface area contributed by atoms with Gasteiger partial charge in [0.25, 0.3) is 0 Å². The zero-order valence-corrected chi connectivity index (χ0v) is 10.8. The van der Waals surface area contributed by atoms with Crippen molar-refractivity contribution in [3.05, 3.63) is 0 Å². The molecule has 1 fully saturated rings. The maximum Gasteiger partial charge on any atom is 0.328 e. The number of piperidine rings is 1. The first kappa shape index (κ1) is 15.2. The Bertz CT molecular complexity index is 360. The summed E-state index contributed by atoms with van der Waals surface area (Å²) < 4.78 is 0. The number of hydrogen-bond donors (Lipinski definition) is 4. The number of likely N-dealkylation sites (tertiary alicyclic amines) is 1. The molecule has 1 aliphatic heterocycles. The minimum atomic E-state index is -1.33. The quantitative estimate of drug-likeness (QED) is 0.502. The largest absolute Gasteiger partial charge is 0.480 e. The zero-order chi connectivity index (χ0) is 14.4. The van der Waals surface area contributed by atoms with E-state index in [0.29, 0.717) is 19.4 Å². The van der Waals surface area contributed by atoms with Gasteiger partial charge in [0.1, 0.15) is 0 Å². The fourth-order valence-electron chi connectivity index (χ4n) is 2.01. The van der Waals surface area contributed by atoms with Crippen LogP contribution in [-0.4, -0.2) is 65.8 Å². The molecule has 0 bridgehead atoms. The van der Waals surface area contributed by atoms with Gasteiger partial charge in [-0.25, -0.2) is 9.59 Å². The van der Waals surface area contributed by atoms with Crippen LogP contribution in [0, 0.1) is 5.92 Å². The molecule has 0 radical (unpaired) electrons. The van der Waals surface area contributed by atoms with E-state index in [2.05, 4.69) is 10.6 Å². The highest BCUT2D eigenvalue weighted by atomic mass is 16.4. The summed E-state index contributed by atoms with van der Waals surface area (Å²) in [6.45, 7) is 0.0498. The minimum Gasteiger partial charge on any atom is -0.480 e. The second-order valence-corrected chi connectivity index (χ2v) is 4.42. The third kappa shape index (κ3) is 4.09. The number of rotatable bonds is 4. The van der Waals surface area contributed by atoms with Crippen LogP contribution in [0.25, 0.3) is 0 Å². The Morgan fingerprint density at radius 2 is 2.11 bits per heavy atom. The second kappa shape index (κ2) is 6.93. The number of carbonyl (C=O) groups excluding carboxylic acids is 2. The molecule has 1 aliphatic rings. The lowest BCUT2D eigenvalue weighted by molar-refractivity contribution is -0.140. The average molecular weight is 273 g/mol. The van der Waals surface area contributed by atoms with Gasteiger partial charge in [0.05, 0.1) is 12.5 Å². The van der Waals surface area contributed by atoms with Gasteiger partial charge in [0, 0.05) is 20.1 Å². The van der Waals surface area contributed by atoms with Crippen molar-refractivity contribution in [2.45, 2.75) is 18.9 Å². The number of aliphatic hydroxyl groups is 1. The summed E-state index contributed by atoms with van der Waals surface area (Å²) in [6.07, 6.45) is 1.38. The molecule has 1 rings (SSSR count). The Morgan fingerprint density at radius 3 is 2.63 bits per heavy atom. The minimum absolute atomic E-state index is 0.130. The molecular weight excluding hydrogens is 254 g/mol. The zero-order valence-electron chi connectivity index (χ0n) is 10.8. The van der Waals surface area contributed by atoms with E-state index in [1.165, 1.54) is 11.9 Å². The first-order valence-electron chi connectivity index (χ1n) is 6.10. The highest BCUT2D eigenvalue weighted by Crippen LogP contribution is 2.16. The van der Waals surface area contributed by atoms with Gasteiger partial charge in [-0.15, -0.1) is 0 Å². The predicted octanol–water partition coefficient (Wildman–Crippen LogP) is -1.40. The Kier molecular flexibility index (Phi) is 5.56. The highest BCUT2D eigenvalue weighted by Gasteiger charge is 2.29. The monoisotopic (exact) mass is 273 g/mol. The average Bonchev–Trinajstić information content (AvgIpc) is 2.43. The second-order valence-electron chi connectivity index (χ2n) is 4.42. The van der Waals surface area contributed by atoms with E-state index < -0.39 is 24.6 Å². The van der Waals surface area contributed by atoms with Crippen molar-refractivity contribution in [1.29, 1.82) is 0 Å². The molecular formula is C11H19N3O5. The number of nitrogens with one attached hydrogen (secondary N) is 2. The van der Waals surface area contributed by atoms with Crippen molar-refractivity contribution < 1.29 is 24.6 Å². The van der Waals surface area contributed by atoms with Crippen molar-refractivity contribution in [1.82, 2.24) is 15.5 Å². The summed E-state index contributed by atoms with van der Waals surface area (Å²) >= 11 is 0. The summed E-state index contributed by atoms with van der Waals surface area (Å²) in [5, 5.41) is 22.3. The van der Waals surface area contributed by atoms with E-state index in [9.17, 15) is 14.4 Å². The molecule has 0 aliphatic carbocycles. The van der Waals surface area contributed by atoms with Crippen LogP contribution in [0.1, 0.15) is 12.8 Å². The maximum atomic E-state index is 11.8. The highest BCUT2D eigenvalue weighted by molar-refractivity contribution is 5.84. The third-order valence-corrected chi connectivity index (χ3v) is 3.10. The Morgan fingerprint density at radius 1 is 1.42 bits per heavy atom. The summed E-state index contributed by atoms with van der Waals surface area (Å²) in [7, 11) is 1.54. The molecule has 1 heterocycles. The molecule has 0 aromatic heterocycles. The number of amides is 3. The van der Waals surface area contributed by atoms with E-state index >= 15 is 0 Å². The van der Waals surface area contributed by atoms with Crippen molar-refractivity contribution in [2.24, 2.45) is 5.92 Å².